The summed E-state index contributed by atoms with van der Waals surface area (Å²) in [5.74, 6) is 3.05. The van der Waals surface area contributed by atoms with Gasteiger partial charge in [-0.2, -0.15) is 0 Å². The van der Waals surface area contributed by atoms with Gasteiger partial charge >= 0.3 is 0 Å². The first-order valence-electron chi connectivity index (χ1n) is 5.08. The molecular weight excluding hydrogens is 222 g/mol. The van der Waals surface area contributed by atoms with Gasteiger partial charge in [0.25, 0.3) is 5.91 Å². The van der Waals surface area contributed by atoms with Gasteiger partial charge in [-0.3, -0.25) is 4.79 Å². The molecule has 0 fully saturated rings. The number of methoxy groups -OCH3 is 1. The lowest BCUT2D eigenvalue weighted by molar-refractivity contribution is 0.0938. The fraction of sp³-hybridized carbons (Fsp3) is 0.417. The molecule has 1 unspecified atom stereocenters. The normalized spacial score (nSPS) is 11.6. The van der Waals surface area contributed by atoms with E-state index in [2.05, 4.69) is 11.2 Å². The minimum absolute atomic E-state index is 0.0318. The Hall–Kier alpha value is -1.47. The smallest absolute Gasteiger partial charge is 0.265 e. The zero-order valence-corrected chi connectivity index (χ0v) is 10.3. The number of nitrogens with one attached hydrogen (secondary N) is 1. The van der Waals surface area contributed by atoms with E-state index in [-0.39, 0.29) is 11.9 Å². The summed E-state index contributed by atoms with van der Waals surface area (Å²) >= 11 is 1.36. The Morgan fingerprint density at radius 2 is 2.50 bits per heavy atom. The monoisotopic (exact) mass is 237 g/mol. The predicted octanol–water partition coefficient (Wildman–Crippen LogP) is 2.29. The Labute approximate surface area is 99.8 Å². The number of ether oxygens (including phenoxy) is 1. The van der Waals surface area contributed by atoms with Crippen molar-refractivity contribution in [1.29, 1.82) is 0 Å². The molecule has 4 heteroatoms. The summed E-state index contributed by atoms with van der Waals surface area (Å²) in [6.07, 6.45) is 6.61. The fourth-order valence-electron chi connectivity index (χ4n) is 1.31. The van der Waals surface area contributed by atoms with Crippen molar-refractivity contribution < 1.29 is 9.53 Å². The lowest BCUT2D eigenvalue weighted by Crippen LogP contribution is -2.33. The van der Waals surface area contributed by atoms with Gasteiger partial charge in [0, 0.05) is 12.5 Å². The third kappa shape index (κ3) is 3.01. The molecule has 3 nitrogen and oxygen atoms in total. The highest BCUT2D eigenvalue weighted by Gasteiger charge is 2.16. The number of amides is 1. The minimum atomic E-state index is -0.117. The summed E-state index contributed by atoms with van der Waals surface area (Å²) in [7, 11) is 1.55. The summed E-state index contributed by atoms with van der Waals surface area (Å²) in [4.78, 5) is 12.5. The number of hydrogen-bond acceptors (Lipinski definition) is 3. The molecule has 0 aliphatic carbocycles. The van der Waals surface area contributed by atoms with Crippen LogP contribution < -0.4 is 10.1 Å². The standard InChI is InChI=1S/C12H15NO2S/c1-4-6-9(5-2)13-12(14)11-10(15-3)7-8-16-11/h1,7-9H,5-6H2,2-3H3,(H,13,14). The Morgan fingerprint density at radius 3 is 3.06 bits per heavy atom. The largest absolute Gasteiger partial charge is 0.495 e. The third-order valence-electron chi connectivity index (χ3n) is 2.25. The number of hydrogen-bond donors (Lipinski definition) is 1. The molecule has 0 aromatic carbocycles. The second kappa shape index (κ2) is 6.19. The maximum absolute atomic E-state index is 11.9. The van der Waals surface area contributed by atoms with Crippen LogP contribution >= 0.6 is 11.3 Å². The van der Waals surface area contributed by atoms with E-state index in [9.17, 15) is 4.79 Å². The van der Waals surface area contributed by atoms with Gasteiger partial charge in [0.05, 0.1) is 7.11 Å². The van der Waals surface area contributed by atoms with Gasteiger partial charge < -0.3 is 10.1 Å². The number of terminal acetylenes is 1. The van der Waals surface area contributed by atoms with Gasteiger partial charge in [0.2, 0.25) is 0 Å². The molecule has 1 aromatic heterocycles. The lowest BCUT2D eigenvalue weighted by Gasteiger charge is -2.13. The Bertz CT molecular complexity index is 392. The molecule has 0 saturated carbocycles. The SMILES string of the molecule is C#CCC(CC)NC(=O)c1sccc1OC. The van der Waals surface area contributed by atoms with Gasteiger partial charge in [0.1, 0.15) is 10.6 Å². The van der Waals surface area contributed by atoms with E-state index >= 15 is 0 Å². The first-order chi connectivity index (χ1) is 7.72. The molecule has 0 bridgehead atoms. The molecule has 86 valence electrons. The van der Waals surface area contributed by atoms with Crippen molar-refractivity contribution in [3.63, 3.8) is 0 Å². The van der Waals surface area contributed by atoms with Crippen molar-refractivity contribution >= 4 is 17.2 Å². The lowest BCUT2D eigenvalue weighted by atomic mass is 10.1. The number of carbonyl (C=O) groups excluding carboxylic acids is 1. The molecule has 0 aliphatic heterocycles. The van der Waals surface area contributed by atoms with Crippen molar-refractivity contribution in [3.8, 4) is 18.1 Å². The van der Waals surface area contributed by atoms with Crippen molar-refractivity contribution in [3.05, 3.63) is 16.3 Å². The molecule has 0 spiro atoms. The van der Waals surface area contributed by atoms with E-state index in [1.54, 1.807) is 13.2 Å². The third-order valence-corrected chi connectivity index (χ3v) is 3.14. The number of carbonyl (C=O) groups is 1. The van der Waals surface area contributed by atoms with Crippen LogP contribution in [0, 0.1) is 12.3 Å². The van der Waals surface area contributed by atoms with Gasteiger partial charge in [0.15, 0.2) is 0 Å². The van der Waals surface area contributed by atoms with Gasteiger partial charge in [-0.15, -0.1) is 23.7 Å². The summed E-state index contributed by atoms with van der Waals surface area (Å²) in [6, 6.07) is 1.81. The molecule has 0 saturated heterocycles. The van der Waals surface area contributed by atoms with Crippen LogP contribution in [0.1, 0.15) is 29.4 Å². The van der Waals surface area contributed by atoms with E-state index in [0.717, 1.165) is 6.42 Å². The Kier molecular flexibility index (Phi) is 4.87. The van der Waals surface area contributed by atoms with E-state index in [0.29, 0.717) is 17.0 Å². The van der Waals surface area contributed by atoms with Crippen LogP contribution in [0.15, 0.2) is 11.4 Å². The zero-order chi connectivity index (χ0) is 12.0. The van der Waals surface area contributed by atoms with E-state index in [4.69, 9.17) is 11.2 Å². The molecule has 0 aliphatic rings. The van der Waals surface area contributed by atoms with Gasteiger partial charge in [-0.1, -0.05) is 6.92 Å². The van der Waals surface area contributed by atoms with Crippen LogP contribution in [0.3, 0.4) is 0 Å². The van der Waals surface area contributed by atoms with Crippen LogP contribution in [-0.2, 0) is 0 Å². The van der Waals surface area contributed by atoms with Crippen LogP contribution in [0.25, 0.3) is 0 Å². The highest BCUT2D eigenvalue weighted by molar-refractivity contribution is 7.12. The van der Waals surface area contributed by atoms with Crippen molar-refractivity contribution in [2.75, 3.05) is 7.11 Å². The second-order valence-electron chi connectivity index (χ2n) is 3.30. The van der Waals surface area contributed by atoms with Crippen molar-refractivity contribution in [1.82, 2.24) is 5.32 Å². The first kappa shape index (κ1) is 12.6. The van der Waals surface area contributed by atoms with E-state index < -0.39 is 0 Å². The van der Waals surface area contributed by atoms with Gasteiger partial charge in [-0.25, -0.2) is 0 Å². The molecular formula is C12H15NO2S. The fourth-order valence-corrected chi connectivity index (χ4v) is 2.08. The number of thiophene rings is 1. The van der Waals surface area contributed by atoms with Crippen LogP contribution in [0.2, 0.25) is 0 Å². The molecule has 1 atom stereocenters. The molecule has 1 N–H and O–H groups in total. The van der Waals surface area contributed by atoms with E-state index in [1.165, 1.54) is 11.3 Å². The zero-order valence-electron chi connectivity index (χ0n) is 9.45. The second-order valence-corrected chi connectivity index (χ2v) is 4.22. The van der Waals surface area contributed by atoms with Crippen molar-refractivity contribution in [2.45, 2.75) is 25.8 Å². The van der Waals surface area contributed by atoms with Crippen molar-refractivity contribution in [2.24, 2.45) is 0 Å². The molecule has 0 radical (unpaired) electrons. The number of rotatable bonds is 5. The molecule has 1 heterocycles. The average Bonchev–Trinajstić information content (AvgIpc) is 2.76. The Balaban J connectivity index is 2.68. The van der Waals surface area contributed by atoms with Crippen LogP contribution in [-0.4, -0.2) is 19.1 Å². The molecule has 16 heavy (non-hydrogen) atoms. The van der Waals surface area contributed by atoms with Gasteiger partial charge in [-0.05, 0) is 17.9 Å². The summed E-state index contributed by atoms with van der Waals surface area (Å²) in [5, 5.41) is 4.72. The maximum Gasteiger partial charge on any atom is 0.265 e. The summed E-state index contributed by atoms with van der Waals surface area (Å²) < 4.78 is 5.09. The molecule has 1 rings (SSSR count). The Morgan fingerprint density at radius 1 is 1.75 bits per heavy atom. The quantitative estimate of drug-likeness (QED) is 0.798. The summed E-state index contributed by atoms with van der Waals surface area (Å²) in [5.41, 5.74) is 0. The topological polar surface area (TPSA) is 38.3 Å². The predicted molar refractivity (Wildman–Crippen MR) is 65.9 cm³/mol. The highest BCUT2D eigenvalue weighted by Crippen LogP contribution is 2.24. The van der Waals surface area contributed by atoms with E-state index in [1.807, 2.05) is 12.3 Å². The van der Waals surface area contributed by atoms with Crippen LogP contribution in [0.4, 0.5) is 0 Å². The first-order valence-corrected chi connectivity index (χ1v) is 5.96. The van der Waals surface area contributed by atoms with Crippen LogP contribution in [0.5, 0.6) is 5.75 Å². The molecule has 1 amide bonds. The molecule has 1 aromatic rings. The maximum atomic E-state index is 11.9. The minimum Gasteiger partial charge on any atom is -0.495 e. The summed E-state index contributed by atoms with van der Waals surface area (Å²) in [6.45, 7) is 1.99. The average molecular weight is 237 g/mol. The highest BCUT2D eigenvalue weighted by atomic mass is 32.1.